The average Bonchev–Trinajstić information content (AvgIpc) is 2.88. The Morgan fingerprint density at radius 1 is 1.03 bits per heavy atom. The molecule has 0 saturated heterocycles. The van der Waals surface area contributed by atoms with Crippen LogP contribution in [0.2, 0.25) is 10.0 Å². The van der Waals surface area contributed by atoms with Crippen LogP contribution in [0.5, 0.6) is 11.5 Å². The van der Waals surface area contributed by atoms with E-state index in [2.05, 4.69) is 5.32 Å². The monoisotopic (exact) mass is 587 g/mol. The van der Waals surface area contributed by atoms with Gasteiger partial charge in [-0.3, -0.25) is 13.9 Å². The van der Waals surface area contributed by atoms with E-state index in [4.69, 9.17) is 32.7 Å². The molecule has 0 aliphatic carbocycles. The lowest BCUT2D eigenvalue weighted by atomic mass is 10.1. The first-order valence-corrected chi connectivity index (χ1v) is 14.8. The predicted molar refractivity (Wildman–Crippen MR) is 151 cm³/mol. The van der Waals surface area contributed by atoms with Crippen LogP contribution in [-0.2, 0) is 26.2 Å². The van der Waals surface area contributed by atoms with E-state index in [1.165, 1.54) is 31.3 Å². The first kappa shape index (κ1) is 31.5. The van der Waals surface area contributed by atoms with E-state index >= 15 is 0 Å². The van der Waals surface area contributed by atoms with Gasteiger partial charge in [0, 0.05) is 19.2 Å². The molecule has 0 bridgehead atoms. The second kappa shape index (κ2) is 14.5. The third kappa shape index (κ3) is 8.41. The van der Waals surface area contributed by atoms with Gasteiger partial charge in [0.1, 0.15) is 24.1 Å². The molecule has 0 spiro atoms. The fourth-order valence-electron chi connectivity index (χ4n) is 3.85. The molecule has 0 fully saturated rings. The number of hydrogen-bond donors (Lipinski definition) is 1. The Kier molecular flexibility index (Phi) is 12.0. The number of nitrogens with zero attached hydrogens (tertiary/aromatic N) is 2. The fourth-order valence-corrected chi connectivity index (χ4v) is 5.02. The molecule has 2 amide bonds. The van der Waals surface area contributed by atoms with Gasteiger partial charge >= 0.3 is 0 Å². The van der Waals surface area contributed by atoms with Crippen LogP contribution >= 0.6 is 23.2 Å². The molecule has 0 aromatic heterocycles. The maximum Gasteiger partial charge on any atom is 0.244 e. The number of ether oxygens (including phenoxy) is 2. The quantitative estimate of drug-likeness (QED) is 0.326. The number of methoxy groups -OCH3 is 2. The zero-order valence-corrected chi connectivity index (χ0v) is 24.6. The summed E-state index contributed by atoms with van der Waals surface area (Å²) in [5.41, 5.74) is 0.805. The molecular formula is C26H35Cl2N3O6S. The van der Waals surface area contributed by atoms with Crippen molar-refractivity contribution in [2.24, 2.45) is 0 Å². The molecule has 1 N–H and O–H groups in total. The molecule has 210 valence electrons. The van der Waals surface area contributed by atoms with E-state index in [0.29, 0.717) is 34.3 Å². The van der Waals surface area contributed by atoms with Crippen molar-refractivity contribution < 1.29 is 27.5 Å². The number of nitrogens with one attached hydrogen (secondary N) is 1. The molecule has 1 atom stereocenters. The summed E-state index contributed by atoms with van der Waals surface area (Å²) >= 11 is 12.3. The smallest absolute Gasteiger partial charge is 0.244 e. The minimum Gasteiger partial charge on any atom is -0.497 e. The van der Waals surface area contributed by atoms with Crippen molar-refractivity contribution in [1.29, 1.82) is 0 Å². The number of carbonyl (C=O) groups excluding carboxylic acids is 2. The standard InChI is InChI=1S/C26H35Cl2N3O6S/c1-6-8-13-29-26(33)22(7-2)30(16-18-9-11-20(27)21(28)14-18)25(32)17-31(38(5,34)35)23-12-10-19(36-3)15-24(23)37-4/h9-12,14-15,22H,6-8,13,16-17H2,1-5H3,(H,29,33)/t22-/m1/s1. The lowest BCUT2D eigenvalue weighted by Gasteiger charge is -2.33. The van der Waals surface area contributed by atoms with Crippen molar-refractivity contribution in [2.45, 2.75) is 45.7 Å². The van der Waals surface area contributed by atoms with Crippen LogP contribution in [0.25, 0.3) is 0 Å². The van der Waals surface area contributed by atoms with Crippen molar-refractivity contribution >= 4 is 50.7 Å². The summed E-state index contributed by atoms with van der Waals surface area (Å²) in [7, 11) is -1.06. The van der Waals surface area contributed by atoms with Crippen LogP contribution in [0.3, 0.4) is 0 Å². The lowest BCUT2D eigenvalue weighted by molar-refractivity contribution is -0.140. The SMILES string of the molecule is CCCCNC(=O)[C@@H](CC)N(Cc1ccc(Cl)c(Cl)c1)C(=O)CN(c1ccc(OC)cc1OC)S(C)(=O)=O. The Hall–Kier alpha value is -2.69. The molecule has 2 aromatic carbocycles. The Bertz CT molecular complexity index is 1230. The number of benzene rings is 2. The topological polar surface area (TPSA) is 105 Å². The van der Waals surface area contributed by atoms with Crippen LogP contribution in [0.1, 0.15) is 38.7 Å². The number of carbonyl (C=O) groups is 2. The van der Waals surface area contributed by atoms with E-state index in [-0.39, 0.29) is 23.9 Å². The summed E-state index contributed by atoms with van der Waals surface area (Å²) in [6, 6.07) is 8.70. The van der Waals surface area contributed by atoms with Crippen molar-refractivity contribution in [3.8, 4) is 11.5 Å². The number of sulfonamides is 1. The Morgan fingerprint density at radius 3 is 2.29 bits per heavy atom. The van der Waals surface area contributed by atoms with E-state index in [1.807, 2.05) is 6.92 Å². The number of hydrogen-bond acceptors (Lipinski definition) is 6. The summed E-state index contributed by atoms with van der Waals surface area (Å²) in [5.74, 6) is -0.219. The van der Waals surface area contributed by atoms with Crippen molar-refractivity contribution in [3.05, 3.63) is 52.0 Å². The molecule has 0 saturated carbocycles. The summed E-state index contributed by atoms with van der Waals surface area (Å²) in [4.78, 5) is 28.3. The molecule has 0 aliphatic rings. The molecule has 0 heterocycles. The minimum absolute atomic E-state index is 0.0206. The van der Waals surface area contributed by atoms with Crippen LogP contribution in [0, 0.1) is 0 Å². The van der Waals surface area contributed by atoms with Gasteiger partial charge in [-0.05, 0) is 42.7 Å². The van der Waals surface area contributed by atoms with Crippen LogP contribution in [-0.4, -0.2) is 64.7 Å². The second-order valence-electron chi connectivity index (χ2n) is 8.65. The first-order chi connectivity index (χ1) is 18.0. The summed E-state index contributed by atoms with van der Waals surface area (Å²) in [5, 5.41) is 3.53. The van der Waals surface area contributed by atoms with Gasteiger partial charge in [0.25, 0.3) is 0 Å². The summed E-state index contributed by atoms with van der Waals surface area (Å²) in [6.45, 7) is 3.74. The van der Waals surface area contributed by atoms with Gasteiger partial charge in [0.15, 0.2) is 0 Å². The first-order valence-electron chi connectivity index (χ1n) is 12.2. The third-order valence-corrected chi connectivity index (χ3v) is 7.75. The third-order valence-electron chi connectivity index (χ3n) is 5.89. The molecule has 0 aliphatic heterocycles. The average molecular weight is 589 g/mol. The maximum atomic E-state index is 13.8. The predicted octanol–water partition coefficient (Wildman–Crippen LogP) is 4.50. The fraction of sp³-hybridized carbons (Fsp3) is 0.462. The van der Waals surface area contributed by atoms with Crippen LogP contribution in [0.15, 0.2) is 36.4 Å². The van der Waals surface area contributed by atoms with Gasteiger partial charge in [-0.1, -0.05) is 49.5 Å². The van der Waals surface area contributed by atoms with Crippen LogP contribution in [0.4, 0.5) is 5.69 Å². The number of unbranched alkanes of at least 4 members (excludes halogenated alkanes) is 1. The Labute approximate surface area is 235 Å². The van der Waals surface area contributed by atoms with Gasteiger partial charge in [-0.2, -0.15) is 0 Å². The van der Waals surface area contributed by atoms with E-state index in [0.717, 1.165) is 23.4 Å². The van der Waals surface area contributed by atoms with E-state index in [9.17, 15) is 18.0 Å². The van der Waals surface area contributed by atoms with Crippen molar-refractivity contribution in [1.82, 2.24) is 10.2 Å². The number of halogens is 2. The molecular weight excluding hydrogens is 553 g/mol. The zero-order valence-electron chi connectivity index (χ0n) is 22.3. The molecule has 38 heavy (non-hydrogen) atoms. The molecule has 0 radical (unpaired) electrons. The second-order valence-corrected chi connectivity index (χ2v) is 11.4. The highest BCUT2D eigenvalue weighted by atomic mass is 35.5. The lowest BCUT2D eigenvalue weighted by Crippen LogP contribution is -2.52. The van der Waals surface area contributed by atoms with Gasteiger partial charge in [-0.15, -0.1) is 0 Å². The largest absolute Gasteiger partial charge is 0.497 e. The van der Waals surface area contributed by atoms with Crippen molar-refractivity contribution in [2.75, 3.05) is 37.9 Å². The van der Waals surface area contributed by atoms with Gasteiger partial charge in [-0.25, -0.2) is 8.42 Å². The minimum atomic E-state index is -3.93. The van der Waals surface area contributed by atoms with Crippen LogP contribution < -0.4 is 19.1 Å². The summed E-state index contributed by atoms with van der Waals surface area (Å²) in [6.07, 6.45) is 3.01. The van der Waals surface area contributed by atoms with Gasteiger partial charge in [0.05, 0.1) is 36.2 Å². The molecule has 12 heteroatoms. The van der Waals surface area contributed by atoms with E-state index in [1.54, 1.807) is 31.2 Å². The van der Waals surface area contributed by atoms with E-state index < -0.39 is 28.5 Å². The number of rotatable bonds is 14. The molecule has 2 aromatic rings. The maximum absolute atomic E-state index is 13.8. The molecule has 2 rings (SSSR count). The zero-order chi connectivity index (χ0) is 28.5. The van der Waals surface area contributed by atoms with Gasteiger partial charge in [0.2, 0.25) is 21.8 Å². The highest BCUT2D eigenvalue weighted by Gasteiger charge is 2.32. The highest BCUT2D eigenvalue weighted by molar-refractivity contribution is 7.92. The number of anilines is 1. The Morgan fingerprint density at radius 2 is 1.74 bits per heavy atom. The molecule has 0 unspecified atom stereocenters. The van der Waals surface area contributed by atoms with Crippen molar-refractivity contribution in [3.63, 3.8) is 0 Å². The number of amides is 2. The normalized spacial score (nSPS) is 12.0. The van der Waals surface area contributed by atoms with Gasteiger partial charge < -0.3 is 19.7 Å². The Balaban J connectivity index is 2.50. The molecule has 9 nitrogen and oxygen atoms in total. The summed E-state index contributed by atoms with van der Waals surface area (Å²) < 4.78 is 37.3. The highest BCUT2D eigenvalue weighted by Crippen LogP contribution is 2.34.